The van der Waals surface area contributed by atoms with Gasteiger partial charge < -0.3 is 10.1 Å². The van der Waals surface area contributed by atoms with Crippen molar-refractivity contribution in [3.8, 4) is 0 Å². The maximum Gasteiger partial charge on any atom is 0.254 e. The first-order valence-electron chi connectivity index (χ1n) is 7.73. The number of ether oxygens (including phenoxy) is 1. The summed E-state index contributed by atoms with van der Waals surface area (Å²) in [5.74, 6) is -2.05. The molecule has 0 aromatic heterocycles. The van der Waals surface area contributed by atoms with Gasteiger partial charge in [0, 0.05) is 12.7 Å². The van der Waals surface area contributed by atoms with Crippen LogP contribution in [0.25, 0.3) is 0 Å². The van der Waals surface area contributed by atoms with E-state index in [-0.39, 0.29) is 22.7 Å². The van der Waals surface area contributed by atoms with Gasteiger partial charge in [0.05, 0.1) is 11.6 Å². The van der Waals surface area contributed by atoms with Gasteiger partial charge in [0.25, 0.3) is 5.91 Å². The van der Waals surface area contributed by atoms with Crippen molar-refractivity contribution >= 4 is 11.7 Å². The molecule has 6 heteroatoms. The van der Waals surface area contributed by atoms with E-state index < -0.39 is 23.9 Å². The Morgan fingerprint density at radius 1 is 1.08 bits per heavy atom. The van der Waals surface area contributed by atoms with Crippen LogP contribution in [0.3, 0.4) is 0 Å². The zero-order valence-electron chi connectivity index (χ0n) is 14.2. The molecule has 25 heavy (non-hydrogen) atoms. The number of methoxy groups -OCH3 is 1. The summed E-state index contributed by atoms with van der Waals surface area (Å²) in [7, 11) is 1.47. The first-order chi connectivity index (χ1) is 11.8. The predicted molar refractivity (Wildman–Crippen MR) is 89.5 cm³/mol. The number of hydrogen-bond acceptors (Lipinski definition) is 3. The van der Waals surface area contributed by atoms with E-state index >= 15 is 0 Å². The number of carbonyl (C=O) groups excluding carboxylic acids is 2. The molecular formula is C19H19F2NO3. The molecule has 0 saturated heterocycles. The van der Waals surface area contributed by atoms with Gasteiger partial charge in [0.1, 0.15) is 17.7 Å². The number of halogens is 2. The number of nitrogens with one attached hydrogen (secondary N) is 1. The highest BCUT2D eigenvalue weighted by atomic mass is 19.1. The molecule has 0 spiro atoms. The number of rotatable bonds is 6. The van der Waals surface area contributed by atoms with E-state index in [4.69, 9.17) is 4.74 Å². The molecule has 0 fully saturated rings. The molecule has 0 aliphatic rings. The van der Waals surface area contributed by atoms with Gasteiger partial charge in [0.2, 0.25) is 0 Å². The Labute approximate surface area is 144 Å². The standard InChI is InChI=1S/C19H19F2NO3/c1-11(18(25-3)13-4-7-15(20)8-5-13)22-19(24)16-9-6-14(12(2)23)10-17(16)21/h4-11,18H,1-3H3,(H,22,24)/t11-,18-/m0/s1. The van der Waals surface area contributed by atoms with Crippen LogP contribution in [-0.4, -0.2) is 24.8 Å². The van der Waals surface area contributed by atoms with E-state index in [0.717, 1.165) is 6.07 Å². The Morgan fingerprint density at radius 3 is 2.24 bits per heavy atom. The SMILES string of the molecule is CO[C@H](c1ccc(F)cc1)[C@H](C)NC(=O)c1ccc(C(C)=O)cc1F. The number of Topliss-reactive ketones (excluding diaryl/α,β-unsaturated/α-hetero) is 1. The molecule has 0 unspecified atom stereocenters. The van der Waals surface area contributed by atoms with Crippen molar-refractivity contribution in [2.75, 3.05) is 7.11 Å². The normalized spacial score (nSPS) is 13.2. The lowest BCUT2D eigenvalue weighted by atomic mass is 10.0. The monoisotopic (exact) mass is 347 g/mol. The third-order valence-electron chi connectivity index (χ3n) is 3.89. The van der Waals surface area contributed by atoms with Crippen LogP contribution >= 0.6 is 0 Å². The largest absolute Gasteiger partial charge is 0.375 e. The van der Waals surface area contributed by atoms with Gasteiger partial charge in [-0.2, -0.15) is 0 Å². The average Bonchev–Trinajstić information content (AvgIpc) is 2.56. The highest BCUT2D eigenvalue weighted by Crippen LogP contribution is 2.21. The van der Waals surface area contributed by atoms with Crippen molar-refractivity contribution < 1.29 is 23.1 Å². The summed E-state index contributed by atoms with van der Waals surface area (Å²) in [4.78, 5) is 23.6. The first-order valence-corrected chi connectivity index (χ1v) is 7.73. The van der Waals surface area contributed by atoms with Crippen LogP contribution in [0.2, 0.25) is 0 Å². The fourth-order valence-corrected chi connectivity index (χ4v) is 2.56. The van der Waals surface area contributed by atoms with Gasteiger partial charge in [-0.3, -0.25) is 9.59 Å². The summed E-state index contributed by atoms with van der Waals surface area (Å²) in [6.07, 6.45) is -0.524. The number of ketones is 1. The van der Waals surface area contributed by atoms with Crippen molar-refractivity contribution in [3.05, 3.63) is 70.8 Å². The lowest BCUT2D eigenvalue weighted by molar-refractivity contribution is 0.0642. The minimum Gasteiger partial charge on any atom is -0.375 e. The number of benzene rings is 2. The van der Waals surface area contributed by atoms with Crippen LogP contribution in [0, 0.1) is 11.6 Å². The molecule has 132 valence electrons. The van der Waals surface area contributed by atoms with Crippen LogP contribution in [0.1, 0.15) is 46.2 Å². The van der Waals surface area contributed by atoms with Gasteiger partial charge in [0.15, 0.2) is 5.78 Å². The molecule has 2 atom stereocenters. The van der Waals surface area contributed by atoms with Crippen molar-refractivity contribution in [3.63, 3.8) is 0 Å². The van der Waals surface area contributed by atoms with Gasteiger partial charge in [-0.15, -0.1) is 0 Å². The molecule has 0 aliphatic heterocycles. The molecule has 0 saturated carbocycles. The van der Waals surface area contributed by atoms with Crippen LogP contribution < -0.4 is 5.32 Å². The Hall–Kier alpha value is -2.60. The van der Waals surface area contributed by atoms with Crippen molar-refractivity contribution in [1.29, 1.82) is 0 Å². The molecule has 2 aromatic carbocycles. The molecule has 1 N–H and O–H groups in total. The smallest absolute Gasteiger partial charge is 0.254 e. The average molecular weight is 347 g/mol. The third kappa shape index (κ3) is 4.48. The van der Waals surface area contributed by atoms with Crippen LogP contribution in [0.4, 0.5) is 8.78 Å². The third-order valence-corrected chi connectivity index (χ3v) is 3.89. The Bertz CT molecular complexity index is 775. The van der Waals surface area contributed by atoms with Gasteiger partial charge >= 0.3 is 0 Å². The quantitative estimate of drug-likeness (QED) is 0.811. The topological polar surface area (TPSA) is 55.4 Å². The second kappa shape index (κ2) is 7.98. The van der Waals surface area contributed by atoms with Crippen LogP contribution in [-0.2, 0) is 4.74 Å². The Morgan fingerprint density at radius 2 is 1.72 bits per heavy atom. The van der Waals surface area contributed by atoms with Crippen molar-refractivity contribution in [2.24, 2.45) is 0 Å². The summed E-state index contributed by atoms with van der Waals surface area (Å²) in [6, 6.07) is 8.95. The Kier molecular flexibility index (Phi) is 5.98. The summed E-state index contributed by atoms with van der Waals surface area (Å²) >= 11 is 0. The number of hydrogen-bond donors (Lipinski definition) is 1. The maximum atomic E-state index is 14.1. The number of amides is 1. The van der Waals surface area contributed by atoms with Gasteiger partial charge in [-0.1, -0.05) is 18.2 Å². The van der Waals surface area contributed by atoms with E-state index in [1.165, 1.54) is 38.3 Å². The van der Waals surface area contributed by atoms with E-state index in [2.05, 4.69) is 5.32 Å². The molecule has 2 aromatic rings. The molecule has 0 radical (unpaired) electrons. The lowest BCUT2D eigenvalue weighted by Gasteiger charge is -2.24. The van der Waals surface area contributed by atoms with E-state index in [1.807, 2.05) is 0 Å². The molecule has 2 rings (SSSR count). The van der Waals surface area contributed by atoms with E-state index in [9.17, 15) is 18.4 Å². The lowest BCUT2D eigenvalue weighted by Crippen LogP contribution is -2.38. The summed E-state index contributed by atoms with van der Waals surface area (Å²) in [5, 5.41) is 2.67. The molecule has 4 nitrogen and oxygen atoms in total. The van der Waals surface area contributed by atoms with Gasteiger partial charge in [-0.05, 0) is 43.7 Å². The fourth-order valence-electron chi connectivity index (χ4n) is 2.56. The fraction of sp³-hybridized carbons (Fsp3) is 0.263. The molecule has 0 heterocycles. The van der Waals surface area contributed by atoms with E-state index in [1.54, 1.807) is 19.1 Å². The highest BCUT2D eigenvalue weighted by molar-refractivity contribution is 5.98. The minimum atomic E-state index is -0.770. The second-order valence-corrected chi connectivity index (χ2v) is 5.72. The Balaban J connectivity index is 2.15. The zero-order valence-corrected chi connectivity index (χ0v) is 14.2. The van der Waals surface area contributed by atoms with E-state index in [0.29, 0.717) is 5.56 Å². The van der Waals surface area contributed by atoms with Crippen LogP contribution in [0.15, 0.2) is 42.5 Å². The summed E-state index contributed by atoms with van der Waals surface area (Å²) in [5.41, 5.74) is 0.720. The maximum absolute atomic E-state index is 14.1. The number of carbonyl (C=O) groups is 2. The van der Waals surface area contributed by atoms with Crippen molar-refractivity contribution in [1.82, 2.24) is 5.32 Å². The predicted octanol–water partition coefficient (Wildman–Crippen LogP) is 3.67. The highest BCUT2D eigenvalue weighted by Gasteiger charge is 2.23. The molecule has 0 aliphatic carbocycles. The van der Waals surface area contributed by atoms with Crippen LogP contribution in [0.5, 0.6) is 0 Å². The molecule has 1 amide bonds. The summed E-state index contributed by atoms with van der Waals surface area (Å²) < 4.78 is 32.5. The second-order valence-electron chi connectivity index (χ2n) is 5.72. The summed E-state index contributed by atoms with van der Waals surface area (Å²) in [6.45, 7) is 3.03. The molecular weight excluding hydrogens is 328 g/mol. The van der Waals surface area contributed by atoms with Crippen molar-refractivity contribution in [2.45, 2.75) is 26.0 Å². The van der Waals surface area contributed by atoms with Gasteiger partial charge in [-0.25, -0.2) is 8.78 Å². The zero-order chi connectivity index (χ0) is 18.6. The first kappa shape index (κ1) is 18.7. The minimum absolute atomic E-state index is 0.161. The molecule has 0 bridgehead atoms.